The summed E-state index contributed by atoms with van der Waals surface area (Å²) in [5.41, 5.74) is 6.75. The summed E-state index contributed by atoms with van der Waals surface area (Å²) < 4.78 is 5.09. The third kappa shape index (κ3) is 4.65. The molecule has 2 aliphatic rings. The lowest BCUT2D eigenvalue weighted by atomic mass is 9.90. The molecule has 8 heteroatoms. The van der Waals surface area contributed by atoms with Gasteiger partial charge in [0.15, 0.2) is 5.78 Å². The molecule has 8 nitrogen and oxygen atoms in total. The van der Waals surface area contributed by atoms with Gasteiger partial charge in [-0.1, -0.05) is 29.3 Å². The molecule has 2 N–H and O–H groups in total. The lowest BCUT2D eigenvalue weighted by Gasteiger charge is -2.26. The summed E-state index contributed by atoms with van der Waals surface area (Å²) in [5.74, 6) is -0.838. The molecule has 1 aliphatic heterocycles. The number of amides is 1. The fourth-order valence-electron chi connectivity index (χ4n) is 5.30. The minimum absolute atomic E-state index is 0.104. The number of carbonyl (C=O) groups is 3. The van der Waals surface area contributed by atoms with Crippen LogP contribution in [0.25, 0.3) is 22.4 Å². The van der Waals surface area contributed by atoms with Crippen molar-refractivity contribution in [3.05, 3.63) is 69.9 Å². The van der Waals surface area contributed by atoms with E-state index in [9.17, 15) is 14.4 Å². The van der Waals surface area contributed by atoms with Gasteiger partial charge in [0.05, 0.1) is 36.2 Å². The first kappa shape index (κ1) is 24.8. The first-order valence-electron chi connectivity index (χ1n) is 12.4. The SMILES string of the molecule is COC(=O)c1c(C)nc2c(c1-c1cc(C)cc(C)c1)C(=O)c1ccc(NC(=O)CN3CCNCC3)cc1-2. The van der Waals surface area contributed by atoms with E-state index < -0.39 is 5.97 Å². The van der Waals surface area contributed by atoms with Crippen molar-refractivity contribution < 1.29 is 19.1 Å². The number of anilines is 1. The van der Waals surface area contributed by atoms with Gasteiger partial charge in [0.1, 0.15) is 0 Å². The molecule has 0 bridgehead atoms. The van der Waals surface area contributed by atoms with Crippen molar-refractivity contribution >= 4 is 23.3 Å². The second-order valence-corrected chi connectivity index (χ2v) is 9.70. The maximum atomic E-state index is 13.7. The maximum Gasteiger partial charge on any atom is 0.340 e. The minimum Gasteiger partial charge on any atom is -0.465 e. The highest BCUT2D eigenvalue weighted by Crippen LogP contribution is 2.44. The normalized spacial score (nSPS) is 14.8. The van der Waals surface area contributed by atoms with Crippen LogP contribution in [-0.4, -0.2) is 67.4 Å². The molecule has 1 saturated heterocycles. The van der Waals surface area contributed by atoms with Gasteiger partial charge >= 0.3 is 5.97 Å². The van der Waals surface area contributed by atoms with Crippen molar-refractivity contribution in [3.8, 4) is 22.4 Å². The van der Waals surface area contributed by atoms with Crippen LogP contribution in [0.5, 0.6) is 0 Å². The number of carbonyl (C=O) groups excluding carboxylic acids is 3. The van der Waals surface area contributed by atoms with Crippen LogP contribution in [0.2, 0.25) is 0 Å². The molecule has 1 aromatic heterocycles. The Morgan fingerprint density at radius 2 is 1.70 bits per heavy atom. The predicted octanol–water partition coefficient (Wildman–Crippen LogP) is 3.52. The molecule has 0 radical (unpaired) electrons. The van der Waals surface area contributed by atoms with Crippen LogP contribution in [0, 0.1) is 20.8 Å². The fourth-order valence-corrected chi connectivity index (χ4v) is 5.30. The third-order valence-electron chi connectivity index (χ3n) is 6.88. The zero-order valence-electron chi connectivity index (χ0n) is 21.5. The van der Waals surface area contributed by atoms with Gasteiger partial charge in [0.2, 0.25) is 5.91 Å². The number of fused-ring (bicyclic) bond motifs is 3. The number of hydrogen-bond acceptors (Lipinski definition) is 7. The largest absolute Gasteiger partial charge is 0.465 e. The highest BCUT2D eigenvalue weighted by molar-refractivity contribution is 6.26. The Morgan fingerprint density at radius 1 is 1.00 bits per heavy atom. The number of pyridine rings is 1. The Hall–Kier alpha value is -3.88. The summed E-state index contributed by atoms with van der Waals surface area (Å²) in [6.07, 6.45) is 0. The smallest absolute Gasteiger partial charge is 0.340 e. The molecular weight excluding hydrogens is 468 g/mol. The van der Waals surface area contributed by atoms with Gasteiger partial charge in [0, 0.05) is 48.6 Å². The summed E-state index contributed by atoms with van der Waals surface area (Å²) in [7, 11) is 1.33. The predicted molar refractivity (Wildman–Crippen MR) is 142 cm³/mol. The molecule has 1 amide bonds. The number of hydrogen-bond donors (Lipinski definition) is 2. The maximum absolute atomic E-state index is 13.7. The van der Waals surface area contributed by atoms with E-state index in [-0.39, 0.29) is 17.3 Å². The molecule has 2 aromatic carbocycles. The molecule has 5 rings (SSSR count). The number of esters is 1. The van der Waals surface area contributed by atoms with Gasteiger partial charge in [-0.2, -0.15) is 0 Å². The molecule has 37 heavy (non-hydrogen) atoms. The number of benzene rings is 2. The van der Waals surface area contributed by atoms with Gasteiger partial charge in [-0.25, -0.2) is 4.79 Å². The van der Waals surface area contributed by atoms with E-state index >= 15 is 0 Å². The zero-order chi connectivity index (χ0) is 26.3. The molecule has 190 valence electrons. The van der Waals surface area contributed by atoms with Gasteiger partial charge in [-0.05, 0) is 44.5 Å². The second kappa shape index (κ2) is 9.88. The van der Waals surface area contributed by atoms with E-state index in [1.54, 1.807) is 25.1 Å². The Morgan fingerprint density at radius 3 is 2.38 bits per heavy atom. The van der Waals surface area contributed by atoms with E-state index in [0.29, 0.717) is 45.9 Å². The molecule has 0 unspecified atom stereocenters. The number of piperazine rings is 1. The molecule has 0 spiro atoms. The van der Waals surface area contributed by atoms with Crippen molar-refractivity contribution in [2.24, 2.45) is 0 Å². The van der Waals surface area contributed by atoms with E-state index in [0.717, 1.165) is 42.9 Å². The Balaban J connectivity index is 1.59. The highest BCUT2D eigenvalue weighted by Gasteiger charge is 2.35. The van der Waals surface area contributed by atoms with Crippen LogP contribution < -0.4 is 10.6 Å². The molecule has 1 aliphatic carbocycles. The van der Waals surface area contributed by atoms with Crippen LogP contribution in [0.15, 0.2) is 36.4 Å². The van der Waals surface area contributed by atoms with E-state index in [4.69, 9.17) is 9.72 Å². The molecule has 0 saturated carbocycles. The molecule has 2 heterocycles. The number of ether oxygens (including phenoxy) is 1. The third-order valence-corrected chi connectivity index (χ3v) is 6.88. The Bertz CT molecular complexity index is 1420. The molecule has 0 atom stereocenters. The van der Waals surface area contributed by atoms with E-state index in [2.05, 4.69) is 15.5 Å². The number of rotatable bonds is 5. The number of ketones is 1. The van der Waals surface area contributed by atoms with Gasteiger partial charge in [0.25, 0.3) is 0 Å². The lowest BCUT2D eigenvalue weighted by molar-refractivity contribution is -0.117. The number of aromatic nitrogens is 1. The quantitative estimate of drug-likeness (QED) is 0.406. The van der Waals surface area contributed by atoms with E-state index in [1.807, 2.05) is 32.0 Å². The van der Waals surface area contributed by atoms with Crippen molar-refractivity contribution in [3.63, 3.8) is 0 Å². The van der Waals surface area contributed by atoms with Gasteiger partial charge in [-0.15, -0.1) is 0 Å². The van der Waals surface area contributed by atoms with E-state index in [1.165, 1.54) is 7.11 Å². The average molecular weight is 499 g/mol. The molecule has 3 aromatic rings. The minimum atomic E-state index is -0.536. The number of aryl methyl sites for hydroxylation is 3. The summed E-state index contributed by atoms with van der Waals surface area (Å²) >= 11 is 0. The Labute approximate surface area is 216 Å². The fraction of sp³-hybridized carbons (Fsp3) is 0.310. The molecule has 1 fully saturated rings. The van der Waals surface area contributed by atoms with Crippen LogP contribution >= 0.6 is 0 Å². The zero-order valence-corrected chi connectivity index (χ0v) is 21.5. The van der Waals surface area contributed by atoms with Crippen LogP contribution in [-0.2, 0) is 9.53 Å². The number of nitrogens with zero attached hydrogens (tertiary/aromatic N) is 2. The summed E-state index contributed by atoms with van der Waals surface area (Å²) in [6.45, 7) is 9.41. The van der Waals surface area contributed by atoms with Gasteiger partial charge < -0.3 is 15.4 Å². The van der Waals surface area contributed by atoms with Crippen LogP contribution in [0.1, 0.15) is 43.1 Å². The second-order valence-electron chi connectivity index (χ2n) is 9.70. The highest BCUT2D eigenvalue weighted by atomic mass is 16.5. The van der Waals surface area contributed by atoms with Crippen molar-refractivity contribution in [2.75, 3.05) is 45.2 Å². The standard InChI is InChI=1S/C29H30N4O4/c1-16-11-17(2)13-19(12-16)25-24(29(36)37-4)18(3)31-27-22-14-20(5-6-21(22)28(35)26(25)27)32-23(34)15-33-9-7-30-8-10-33/h5-6,11-14,30H,7-10,15H2,1-4H3,(H,32,34). The van der Waals surface area contributed by atoms with Crippen LogP contribution in [0.4, 0.5) is 5.69 Å². The monoisotopic (exact) mass is 498 g/mol. The van der Waals surface area contributed by atoms with Crippen molar-refractivity contribution in [1.29, 1.82) is 0 Å². The molecular formula is C29H30N4O4. The first-order chi connectivity index (χ1) is 17.8. The average Bonchev–Trinajstić information content (AvgIpc) is 3.13. The summed E-state index contributed by atoms with van der Waals surface area (Å²) in [4.78, 5) is 46.1. The lowest BCUT2D eigenvalue weighted by Crippen LogP contribution is -2.46. The number of nitrogens with one attached hydrogen (secondary N) is 2. The van der Waals surface area contributed by atoms with Gasteiger partial charge in [-0.3, -0.25) is 19.5 Å². The summed E-state index contributed by atoms with van der Waals surface area (Å²) in [5, 5.41) is 6.24. The van der Waals surface area contributed by atoms with Crippen molar-refractivity contribution in [1.82, 2.24) is 15.2 Å². The Kier molecular flexibility index (Phi) is 6.62. The van der Waals surface area contributed by atoms with Crippen LogP contribution in [0.3, 0.4) is 0 Å². The first-order valence-corrected chi connectivity index (χ1v) is 12.4. The number of methoxy groups -OCH3 is 1. The summed E-state index contributed by atoms with van der Waals surface area (Å²) in [6, 6.07) is 11.2. The van der Waals surface area contributed by atoms with Crippen molar-refractivity contribution in [2.45, 2.75) is 20.8 Å². The topological polar surface area (TPSA) is 101 Å².